The standard InChI is InChI=1S/C26H25F2N5O5S2/c1-32(2)40(35,36)22-9-4-6-17(14-22)24-30-31-26(33(24)19-7-5-8-21(15-19)37-3)39-16-23(34)29-18-10-12-20(13-11-18)38-25(27)28/h4-15,25H,16H2,1-3H3,(H,29,34). The number of nitrogens with one attached hydrogen (secondary N) is 1. The van der Waals surface area contributed by atoms with Gasteiger partial charge in [-0.25, -0.2) is 12.7 Å². The van der Waals surface area contributed by atoms with Crippen molar-refractivity contribution in [2.75, 3.05) is 32.3 Å². The summed E-state index contributed by atoms with van der Waals surface area (Å²) in [4.78, 5) is 12.8. The predicted octanol–water partition coefficient (Wildman–Crippen LogP) is 4.53. The van der Waals surface area contributed by atoms with E-state index in [2.05, 4.69) is 20.3 Å². The number of amides is 1. The first kappa shape index (κ1) is 29.0. The molecule has 0 saturated heterocycles. The van der Waals surface area contributed by atoms with Crippen LogP contribution in [-0.4, -0.2) is 67.0 Å². The minimum atomic E-state index is -3.70. The highest BCUT2D eigenvalue weighted by molar-refractivity contribution is 7.99. The Morgan fingerprint density at radius 1 is 1.02 bits per heavy atom. The van der Waals surface area contributed by atoms with E-state index < -0.39 is 16.6 Å². The van der Waals surface area contributed by atoms with Gasteiger partial charge in [0, 0.05) is 31.4 Å². The van der Waals surface area contributed by atoms with Crippen molar-refractivity contribution in [3.05, 3.63) is 72.8 Å². The first-order valence-electron chi connectivity index (χ1n) is 11.7. The molecule has 0 aliphatic heterocycles. The second-order valence-corrected chi connectivity index (χ2v) is 11.5. The van der Waals surface area contributed by atoms with Crippen molar-refractivity contribution >= 4 is 33.4 Å². The number of benzene rings is 3. The Hall–Kier alpha value is -4.01. The van der Waals surface area contributed by atoms with Crippen LogP contribution in [0, 0.1) is 0 Å². The normalized spacial score (nSPS) is 11.6. The topological polar surface area (TPSA) is 116 Å². The van der Waals surface area contributed by atoms with Crippen molar-refractivity contribution in [1.82, 2.24) is 19.1 Å². The molecule has 0 aliphatic carbocycles. The Labute approximate surface area is 234 Å². The van der Waals surface area contributed by atoms with Crippen LogP contribution >= 0.6 is 11.8 Å². The van der Waals surface area contributed by atoms with E-state index in [1.807, 2.05) is 6.07 Å². The summed E-state index contributed by atoms with van der Waals surface area (Å²) >= 11 is 1.11. The van der Waals surface area contributed by atoms with E-state index in [4.69, 9.17) is 4.74 Å². The average molecular weight is 590 g/mol. The smallest absolute Gasteiger partial charge is 0.387 e. The fourth-order valence-electron chi connectivity index (χ4n) is 3.59. The Morgan fingerprint density at radius 2 is 1.75 bits per heavy atom. The van der Waals surface area contributed by atoms with E-state index in [1.165, 1.54) is 57.6 Å². The third-order valence-corrected chi connectivity index (χ3v) is 8.25. The number of carbonyl (C=O) groups is 1. The summed E-state index contributed by atoms with van der Waals surface area (Å²) in [6, 6.07) is 19.0. The van der Waals surface area contributed by atoms with E-state index in [-0.39, 0.29) is 22.3 Å². The molecule has 0 spiro atoms. The monoisotopic (exact) mass is 589 g/mol. The van der Waals surface area contributed by atoms with Crippen LogP contribution in [0.3, 0.4) is 0 Å². The molecule has 10 nitrogen and oxygen atoms in total. The van der Waals surface area contributed by atoms with E-state index in [0.717, 1.165) is 16.1 Å². The van der Waals surface area contributed by atoms with Crippen molar-refractivity contribution in [2.24, 2.45) is 0 Å². The summed E-state index contributed by atoms with van der Waals surface area (Å²) < 4.78 is 62.7. The lowest BCUT2D eigenvalue weighted by Crippen LogP contribution is -2.22. The Kier molecular flexibility index (Phi) is 9.02. The van der Waals surface area contributed by atoms with E-state index in [1.54, 1.807) is 34.9 Å². The van der Waals surface area contributed by atoms with Crippen molar-refractivity contribution in [3.63, 3.8) is 0 Å². The Bertz CT molecular complexity index is 1600. The summed E-state index contributed by atoms with van der Waals surface area (Å²) in [7, 11) is 0.741. The lowest BCUT2D eigenvalue weighted by atomic mass is 10.2. The summed E-state index contributed by atoms with van der Waals surface area (Å²) in [6.45, 7) is -2.94. The van der Waals surface area contributed by atoms with E-state index in [0.29, 0.717) is 33.7 Å². The average Bonchev–Trinajstić information content (AvgIpc) is 3.37. The highest BCUT2D eigenvalue weighted by Crippen LogP contribution is 2.31. The molecule has 0 saturated carbocycles. The number of sulfonamides is 1. The maximum atomic E-state index is 12.7. The minimum Gasteiger partial charge on any atom is -0.497 e. The molecule has 0 aliphatic rings. The highest BCUT2D eigenvalue weighted by atomic mass is 32.2. The van der Waals surface area contributed by atoms with Crippen LogP contribution in [0.25, 0.3) is 17.1 Å². The van der Waals surface area contributed by atoms with Crippen LogP contribution in [0.4, 0.5) is 14.5 Å². The third-order valence-electron chi connectivity index (χ3n) is 5.51. The number of alkyl halides is 2. The van der Waals surface area contributed by atoms with Gasteiger partial charge in [-0.15, -0.1) is 10.2 Å². The molecule has 0 radical (unpaired) electrons. The van der Waals surface area contributed by atoms with Crippen LogP contribution in [0.2, 0.25) is 0 Å². The molecule has 40 heavy (non-hydrogen) atoms. The summed E-state index contributed by atoms with van der Waals surface area (Å²) in [5, 5.41) is 11.7. The summed E-state index contributed by atoms with van der Waals surface area (Å²) in [6.07, 6.45) is 0. The largest absolute Gasteiger partial charge is 0.497 e. The van der Waals surface area contributed by atoms with Gasteiger partial charge >= 0.3 is 6.61 Å². The zero-order chi connectivity index (χ0) is 28.9. The summed E-state index contributed by atoms with van der Waals surface area (Å²) in [5.74, 6) is 0.500. The molecular formula is C26H25F2N5O5S2. The van der Waals surface area contributed by atoms with Gasteiger partial charge in [-0.05, 0) is 48.5 Å². The molecule has 3 aromatic carbocycles. The maximum absolute atomic E-state index is 12.7. The van der Waals surface area contributed by atoms with Gasteiger partial charge in [-0.1, -0.05) is 30.0 Å². The van der Waals surface area contributed by atoms with Crippen LogP contribution in [-0.2, 0) is 14.8 Å². The number of hydrogen-bond acceptors (Lipinski definition) is 8. The second-order valence-electron chi connectivity index (χ2n) is 8.40. The molecular weight excluding hydrogens is 564 g/mol. The number of thioether (sulfide) groups is 1. The van der Waals surface area contributed by atoms with Crippen LogP contribution < -0.4 is 14.8 Å². The van der Waals surface area contributed by atoms with Gasteiger partial charge in [0.15, 0.2) is 11.0 Å². The number of aromatic nitrogens is 3. The van der Waals surface area contributed by atoms with Gasteiger partial charge in [-0.3, -0.25) is 9.36 Å². The first-order valence-corrected chi connectivity index (χ1v) is 14.1. The molecule has 0 bridgehead atoms. The number of nitrogens with zero attached hydrogens (tertiary/aromatic N) is 4. The predicted molar refractivity (Wildman–Crippen MR) is 147 cm³/mol. The van der Waals surface area contributed by atoms with Gasteiger partial charge in [0.2, 0.25) is 15.9 Å². The SMILES string of the molecule is COc1cccc(-n2c(SCC(=O)Nc3ccc(OC(F)F)cc3)nnc2-c2cccc(S(=O)(=O)N(C)C)c2)c1. The second kappa shape index (κ2) is 12.4. The zero-order valence-electron chi connectivity index (χ0n) is 21.6. The van der Waals surface area contributed by atoms with Crippen molar-refractivity contribution in [1.29, 1.82) is 0 Å². The highest BCUT2D eigenvalue weighted by Gasteiger charge is 2.22. The quantitative estimate of drug-likeness (QED) is 0.254. The number of ether oxygens (including phenoxy) is 2. The number of hydrogen-bond donors (Lipinski definition) is 1. The van der Waals surface area contributed by atoms with Crippen molar-refractivity contribution in [3.8, 4) is 28.6 Å². The number of halogens is 2. The maximum Gasteiger partial charge on any atom is 0.387 e. The van der Waals surface area contributed by atoms with Gasteiger partial charge in [0.25, 0.3) is 0 Å². The molecule has 0 fully saturated rings. The summed E-state index contributed by atoms with van der Waals surface area (Å²) in [5.41, 5.74) is 1.54. The number of methoxy groups -OCH3 is 1. The molecule has 1 N–H and O–H groups in total. The van der Waals surface area contributed by atoms with Gasteiger partial charge in [-0.2, -0.15) is 8.78 Å². The van der Waals surface area contributed by atoms with Gasteiger partial charge in [0.1, 0.15) is 11.5 Å². The van der Waals surface area contributed by atoms with Crippen LogP contribution in [0.1, 0.15) is 0 Å². The van der Waals surface area contributed by atoms with Gasteiger partial charge in [0.05, 0.1) is 23.4 Å². The van der Waals surface area contributed by atoms with E-state index in [9.17, 15) is 22.0 Å². The molecule has 14 heteroatoms. The lowest BCUT2D eigenvalue weighted by molar-refractivity contribution is -0.113. The fourth-order valence-corrected chi connectivity index (χ4v) is 5.29. The minimum absolute atomic E-state index is 0.0243. The van der Waals surface area contributed by atoms with Crippen LogP contribution in [0.5, 0.6) is 11.5 Å². The molecule has 1 heterocycles. The first-order chi connectivity index (χ1) is 19.1. The van der Waals surface area contributed by atoms with Crippen molar-refractivity contribution in [2.45, 2.75) is 16.7 Å². The number of rotatable bonds is 11. The van der Waals surface area contributed by atoms with E-state index >= 15 is 0 Å². The molecule has 1 aromatic heterocycles. The third kappa shape index (κ3) is 6.76. The van der Waals surface area contributed by atoms with Crippen molar-refractivity contribution < 1.29 is 31.5 Å². The zero-order valence-corrected chi connectivity index (χ0v) is 23.2. The fraction of sp³-hybridized carbons (Fsp3) is 0.192. The number of carbonyl (C=O) groups excluding carboxylic acids is 1. The Morgan fingerprint density at radius 3 is 2.42 bits per heavy atom. The molecule has 1 amide bonds. The molecule has 210 valence electrons. The van der Waals surface area contributed by atoms with Crippen LogP contribution in [0.15, 0.2) is 82.8 Å². The molecule has 0 atom stereocenters. The number of anilines is 1. The lowest BCUT2D eigenvalue weighted by Gasteiger charge is -2.14. The Balaban J connectivity index is 1.62. The molecule has 4 rings (SSSR count). The molecule has 0 unspecified atom stereocenters. The van der Waals surface area contributed by atoms with Gasteiger partial charge < -0.3 is 14.8 Å². The molecule has 4 aromatic rings.